The van der Waals surface area contributed by atoms with Crippen LogP contribution in [0.4, 0.5) is 11.8 Å². The third-order valence-corrected chi connectivity index (χ3v) is 8.30. The Hall–Kier alpha value is -3.51. The molecular formula is C28H41N8O5P. The summed E-state index contributed by atoms with van der Waals surface area (Å²) in [6, 6.07) is 7.70. The van der Waals surface area contributed by atoms with E-state index in [1.165, 1.54) is 0 Å². The molecule has 13 nitrogen and oxygen atoms in total. The Labute approximate surface area is 246 Å². The minimum absolute atomic E-state index is 0.0693. The first-order valence-corrected chi connectivity index (χ1v) is 15.5. The molecule has 1 aliphatic rings. The lowest BCUT2D eigenvalue weighted by atomic mass is 10.1. The minimum atomic E-state index is -3.95. The molecule has 0 spiro atoms. The molecule has 0 unspecified atom stereocenters. The summed E-state index contributed by atoms with van der Waals surface area (Å²) in [6.07, 6.45) is 6.13. The average molecular weight is 601 g/mol. The van der Waals surface area contributed by atoms with Gasteiger partial charge in [0.1, 0.15) is 11.8 Å². The van der Waals surface area contributed by atoms with Crippen LogP contribution in [0.3, 0.4) is 0 Å². The molecule has 3 N–H and O–H groups in total. The van der Waals surface area contributed by atoms with Crippen LogP contribution in [0.5, 0.6) is 5.75 Å². The molecule has 4 rings (SSSR count). The number of nitrogens with one attached hydrogen (secondary N) is 1. The molecule has 0 fully saturated rings. The molecule has 228 valence electrons. The number of aromatic nitrogens is 4. The summed E-state index contributed by atoms with van der Waals surface area (Å²) in [4.78, 5) is 30.1. The van der Waals surface area contributed by atoms with E-state index in [0.29, 0.717) is 29.2 Å². The Morgan fingerprint density at radius 3 is 2.57 bits per heavy atom. The molecule has 0 amide bonds. The molecule has 0 aliphatic heterocycles. The van der Waals surface area contributed by atoms with Crippen LogP contribution in [-0.2, 0) is 18.6 Å². The molecule has 4 atom stereocenters. The number of hydrogen-bond acceptors (Lipinski definition) is 11. The second-order valence-corrected chi connectivity index (χ2v) is 12.6. The van der Waals surface area contributed by atoms with Gasteiger partial charge in [0, 0.05) is 26.1 Å². The van der Waals surface area contributed by atoms with Gasteiger partial charge in [-0.2, -0.15) is 15.1 Å². The Kier molecular flexibility index (Phi) is 10.2. The second kappa shape index (κ2) is 13.6. The molecule has 42 heavy (non-hydrogen) atoms. The van der Waals surface area contributed by atoms with E-state index in [1.807, 2.05) is 48.8 Å². The molecule has 3 aromatic rings. The van der Waals surface area contributed by atoms with Gasteiger partial charge in [0.15, 0.2) is 17.0 Å². The summed E-state index contributed by atoms with van der Waals surface area (Å²) >= 11 is 0. The van der Waals surface area contributed by atoms with Gasteiger partial charge in [-0.05, 0) is 53.4 Å². The molecule has 14 heteroatoms. The number of benzene rings is 1. The molecule has 0 radical (unpaired) electrons. The van der Waals surface area contributed by atoms with Gasteiger partial charge < -0.3 is 29.4 Å². The number of rotatable bonds is 14. The van der Waals surface area contributed by atoms with Gasteiger partial charge in [0.05, 0.1) is 25.1 Å². The van der Waals surface area contributed by atoms with Crippen molar-refractivity contribution >= 4 is 36.6 Å². The number of nitrogen functional groups attached to an aromatic ring is 1. The Balaban J connectivity index is 1.46. The number of allylic oxidation sites excluding steroid dienone is 1. The van der Waals surface area contributed by atoms with Gasteiger partial charge in [0.2, 0.25) is 5.95 Å². The fourth-order valence-electron chi connectivity index (χ4n) is 4.49. The van der Waals surface area contributed by atoms with Crippen molar-refractivity contribution in [3.8, 4) is 5.75 Å². The molecule has 2 heterocycles. The number of anilines is 2. The highest BCUT2D eigenvalue weighted by atomic mass is 31.2. The highest BCUT2D eigenvalue weighted by Gasteiger charge is 2.34. The van der Waals surface area contributed by atoms with E-state index in [2.05, 4.69) is 24.9 Å². The maximum Gasteiger partial charge on any atom is 0.459 e. The normalized spacial score (nSPS) is 18.9. The number of likely N-dealkylation sites (N-methyl/N-ethyl adjacent to an activating group) is 2. The van der Waals surface area contributed by atoms with Crippen molar-refractivity contribution < 1.29 is 23.1 Å². The third kappa shape index (κ3) is 8.07. The van der Waals surface area contributed by atoms with Crippen LogP contribution >= 0.6 is 7.75 Å². The smallest absolute Gasteiger partial charge is 0.459 e. The van der Waals surface area contributed by atoms with E-state index in [9.17, 15) is 9.36 Å². The van der Waals surface area contributed by atoms with Crippen molar-refractivity contribution in [1.29, 1.82) is 0 Å². The second-order valence-electron chi connectivity index (χ2n) is 10.9. The number of ether oxygens (including phenoxy) is 1. The first kappa shape index (κ1) is 31.4. The number of nitrogens with zero attached hydrogens (tertiary/aromatic N) is 6. The van der Waals surface area contributed by atoms with Crippen LogP contribution in [0, 0.1) is 5.92 Å². The van der Waals surface area contributed by atoms with Crippen molar-refractivity contribution in [3.63, 3.8) is 0 Å². The predicted molar refractivity (Wildman–Crippen MR) is 162 cm³/mol. The van der Waals surface area contributed by atoms with Crippen LogP contribution in [-0.4, -0.2) is 83.4 Å². The Bertz CT molecular complexity index is 1430. The van der Waals surface area contributed by atoms with E-state index in [-0.39, 0.29) is 30.6 Å². The first-order chi connectivity index (χ1) is 19.9. The predicted octanol–water partition coefficient (Wildman–Crippen LogP) is 3.66. The molecule has 2 aromatic heterocycles. The van der Waals surface area contributed by atoms with Gasteiger partial charge >= 0.3 is 13.7 Å². The number of para-hydroxylation sites is 1. The largest absolute Gasteiger partial charge is 0.462 e. The number of hydrogen-bond donors (Lipinski definition) is 2. The van der Waals surface area contributed by atoms with Gasteiger partial charge in [-0.15, -0.1) is 0 Å². The van der Waals surface area contributed by atoms with Gasteiger partial charge in [0.25, 0.3) is 0 Å². The summed E-state index contributed by atoms with van der Waals surface area (Å²) in [6.45, 7) is 6.75. The lowest BCUT2D eigenvalue weighted by Gasteiger charge is -2.24. The van der Waals surface area contributed by atoms with E-state index in [4.69, 9.17) is 19.5 Å². The monoisotopic (exact) mass is 600 g/mol. The summed E-state index contributed by atoms with van der Waals surface area (Å²) < 4.78 is 32.7. The Morgan fingerprint density at radius 2 is 1.88 bits per heavy atom. The van der Waals surface area contributed by atoms with Crippen LogP contribution < -0.4 is 20.2 Å². The zero-order chi connectivity index (χ0) is 30.4. The van der Waals surface area contributed by atoms with E-state index in [0.717, 1.165) is 13.1 Å². The molecule has 1 aromatic carbocycles. The van der Waals surface area contributed by atoms with Crippen LogP contribution in [0.15, 0.2) is 48.8 Å². The lowest BCUT2D eigenvalue weighted by Crippen LogP contribution is -2.36. The number of esters is 1. The topological polar surface area (TPSA) is 150 Å². The SMILES string of the molecule is CC(C)OC(=O)[C@H](C)N[P@](=O)(OC[C@@H]1C=C[C@H](n2cnc3c(N(C)CCN(C)C)nc(N)nc32)C1)Oc1ccccc1. The highest BCUT2D eigenvalue weighted by molar-refractivity contribution is 7.52. The fourth-order valence-corrected chi connectivity index (χ4v) is 6.04. The summed E-state index contributed by atoms with van der Waals surface area (Å²) in [7, 11) is 2.04. The van der Waals surface area contributed by atoms with Crippen molar-refractivity contribution in [3.05, 3.63) is 48.8 Å². The zero-order valence-electron chi connectivity index (χ0n) is 25.0. The molecule has 0 bridgehead atoms. The zero-order valence-corrected chi connectivity index (χ0v) is 25.9. The number of fused-ring (bicyclic) bond motifs is 1. The summed E-state index contributed by atoms with van der Waals surface area (Å²) in [5.41, 5.74) is 7.41. The summed E-state index contributed by atoms with van der Waals surface area (Å²) in [5.74, 6) is 0.571. The lowest BCUT2D eigenvalue weighted by molar-refractivity contribution is -0.149. The van der Waals surface area contributed by atoms with E-state index >= 15 is 0 Å². The number of imidazole rings is 1. The molecule has 0 saturated carbocycles. The van der Waals surface area contributed by atoms with Gasteiger partial charge in [-0.25, -0.2) is 9.55 Å². The van der Waals surface area contributed by atoms with Crippen LogP contribution in [0.2, 0.25) is 0 Å². The van der Waals surface area contributed by atoms with Crippen LogP contribution in [0.25, 0.3) is 11.2 Å². The minimum Gasteiger partial charge on any atom is -0.462 e. The average Bonchev–Trinajstić information content (AvgIpc) is 3.57. The standard InChI is InChI=1S/C28H41N8O5P/c1-19(2)40-27(37)20(3)33-42(38,41-23-10-8-7-9-11-23)39-17-21-12-13-22(16-21)36-18-30-24-25(31-28(29)32-26(24)36)35(6)15-14-34(4)5/h7-13,18-22H,14-17H2,1-6H3,(H,33,38)(H2,29,31,32)/t20-,21+,22-,42-/m0/s1. The van der Waals surface area contributed by atoms with Crippen molar-refractivity contribution in [2.45, 2.75) is 45.4 Å². The van der Waals surface area contributed by atoms with Crippen molar-refractivity contribution in [1.82, 2.24) is 29.5 Å². The summed E-state index contributed by atoms with van der Waals surface area (Å²) in [5, 5.41) is 2.73. The van der Waals surface area contributed by atoms with Crippen LogP contribution in [0.1, 0.15) is 33.2 Å². The quantitative estimate of drug-likeness (QED) is 0.158. The highest BCUT2D eigenvalue weighted by Crippen LogP contribution is 2.46. The van der Waals surface area contributed by atoms with Crippen molar-refractivity contribution in [2.75, 3.05) is 51.5 Å². The fraction of sp³-hybridized carbons (Fsp3) is 0.500. The molecule has 0 saturated heterocycles. The molecule has 1 aliphatic carbocycles. The van der Waals surface area contributed by atoms with Crippen molar-refractivity contribution in [2.24, 2.45) is 5.92 Å². The van der Waals surface area contributed by atoms with Gasteiger partial charge in [-0.1, -0.05) is 30.4 Å². The Morgan fingerprint density at radius 1 is 1.14 bits per heavy atom. The number of carbonyl (C=O) groups is 1. The number of nitrogens with two attached hydrogens (primary N) is 1. The third-order valence-electron chi connectivity index (χ3n) is 6.66. The van der Waals surface area contributed by atoms with E-state index in [1.54, 1.807) is 51.4 Å². The maximum atomic E-state index is 13.8. The maximum absolute atomic E-state index is 13.8. The first-order valence-electron chi connectivity index (χ1n) is 14.0. The van der Waals surface area contributed by atoms with Gasteiger partial charge in [-0.3, -0.25) is 9.32 Å². The van der Waals surface area contributed by atoms with E-state index < -0.39 is 19.8 Å². The molecular weight excluding hydrogens is 559 g/mol. The number of carbonyl (C=O) groups excluding carboxylic acids is 1.